The highest BCUT2D eigenvalue weighted by Crippen LogP contribution is 2.29. The number of amides is 1. The van der Waals surface area contributed by atoms with E-state index in [0.717, 1.165) is 37.1 Å². The van der Waals surface area contributed by atoms with E-state index in [0.29, 0.717) is 41.3 Å². The third kappa shape index (κ3) is 6.52. The van der Waals surface area contributed by atoms with Crippen LogP contribution in [0, 0.1) is 5.92 Å². The Labute approximate surface area is 210 Å². The lowest BCUT2D eigenvalue weighted by molar-refractivity contribution is -0.126. The predicted molar refractivity (Wildman–Crippen MR) is 133 cm³/mol. The molecule has 1 aromatic heterocycles. The minimum Gasteiger partial charge on any atom is -0.493 e. The highest BCUT2D eigenvalue weighted by molar-refractivity contribution is 6.33. The Hall–Kier alpha value is -3.10. The highest BCUT2D eigenvalue weighted by atomic mass is 35.5. The number of nitrogens with zero attached hydrogens (tertiary/aromatic N) is 3. The molecule has 1 saturated heterocycles. The van der Waals surface area contributed by atoms with Gasteiger partial charge in [-0.15, -0.1) is 0 Å². The average molecular weight is 499 g/mol. The molecule has 35 heavy (non-hydrogen) atoms. The third-order valence-corrected chi connectivity index (χ3v) is 6.29. The number of piperidine rings is 1. The molecule has 0 saturated carbocycles. The number of hydrogen-bond donors (Lipinski definition) is 1. The van der Waals surface area contributed by atoms with Crippen molar-refractivity contribution in [2.75, 3.05) is 20.2 Å². The van der Waals surface area contributed by atoms with E-state index in [1.54, 1.807) is 13.2 Å². The van der Waals surface area contributed by atoms with Crippen molar-refractivity contribution >= 4 is 17.5 Å². The van der Waals surface area contributed by atoms with Crippen molar-refractivity contribution in [3.63, 3.8) is 0 Å². The SMILES string of the molecule is COc1cc(CNC(=O)C2CCN(Cc3nc(-c4ccccc4Cl)no3)CC2)ccc1OC(C)C. The molecule has 4 rings (SSSR count). The van der Waals surface area contributed by atoms with Crippen LogP contribution in [0.5, 0.6) is 11.5 Å². The summed E-state index contributed by atoms with van der Waals surface area (Å²) in [6, 6.07) is 13.2. The number of carbonyl (C=O) groups is 1. The van der Waals surface area contributed by atoms with Gasteiger partial charge in [0.15, 0.2) is 11.5 Å². The highest BCUT2D eigenvalue weighted by Gasteiger charge is 2.26. The van der Waals surface area contributed by atoms with Crippen molar-refractivity contribution in [2.24, 2.45) is 5.92 Å². The van der Waals surface area contributed by atoms with Crippen molar-refractivity contribution < 1.29 is 18.8 Å². The maximum Gasteiger partial charge on any atom is 0.241 e. The molecular weight excluding hydrogens is 468 g/mol. The largest absolute Gasteiger partial charge is 0.493 e. The number of halogens is 1. The van der Waals surface area contributed by atoms with Crippen LogP contribution in [-0.2, 0) is 17.9 Å². The molecule has 3 aromatic rings. The number of aromatic nitrogens is 2. The van der Waals surface area contributed by atoms with E-state index in [4.69, 9.17) is 25.6 Å². The van der Waals surface area contributed by atoms with Crippen LogP contribution in [-0.4, -0.2) is 47.3 Å². The molecule has 0 radical (unpaired) electrons. The van der Waals surface area contributed by atoms with Crippen molar-refractivity contribution in [2.45, 2.75) is 45.9 Å². The molecule has 0 atom stereocenters. The second-order valence-corrected chi connectivity index (χ2v) is 9.32. The summed E-state index contributed by atoms with van der Waals surface area (Å²) in [6.45, 7) is 6.52. The molecule has 1 N–H and O–H groups in total. The predicted octanol–water partition coefficient (Wildman–Crippen LogP) is 4.71. The van der Waals surface area contributed by atoms with Crippen LogP contribution in [0.25, 0.3) is 11.4 Å². The van der Waals surface area contributed by atoms with Crippen molar-refractivity contribution in [3.05, 3.63) is 58.9 Å². The van der Waals surface area contributed by atoms with E-state index >= 15 is 0 Å². The number of benzene rings is 2. The van der Waals surface area contributed by atoms with Gasteiger partial charge >= 0.3 is 0 Å². The fourth-order valence-corrected chi connectivity index (χ4v) is 4.34. The van der Waals surface area contributed by atoms with Crippen molar-refractivity contribution in [1.29, 1.82) is 0 Å². The van der Waals surface area contributed by atoms with Gasteiger partial charge in [-0.25, -0.2) is 0 Å². The summed E-state index contributed by atoms with van der Waals surface area (Å²) >= 11 is 6.23. The van der Waals surface area contributed by atoms with Crippen molar-refractivity contribution in [3.8, 4) is 22.9 Å². The third-order valence-electron chi connectivity index (χ3n) is 5.96. The molecular formula is C26H31ClN4O4. The van der Waals surface area contributed by atoms with Gasteiger partial charge in [0.05, 0.1) is 24.8 Å². The zero-order valence-corrected chi connectivity index (χ0v) is 21.0. The van der Waals surface area contributed by atoms with Gasteiger partial charge in [-0.3, -0.25) is 9.69 Å². The van der Waals surface area contributed by atoms with E-state index in [2.05, 4.69) is 20.4 Å². The Bertz CT molecular complexity index is 1140. The monoisotopic (exact) mass is 498 g/mol. The Morgan fingerprint density at radius 1 is 1.20 bits per heavy atom. The quantitative estimate of drug-likeness (QED) is 0.456. The molecule has 8 nitrogen and oxygen atoms in total. The summed E-state index contributed by atoms with van der Waals surface area (Å²) in [5, 5.41) is 7.71. The first-order chi connectivity index (χ1) is 16.9. The molecule has 1 amide bonds. The van der Waals surface area contributed by atoms with Crippen LogP contribution in [0.3, 0.4) is 0 Å². The van der Waals surface area contributed by atoms with Gasteiger partial charge in [-0.2, -0.15) is 4.98 Å². The van der Waals surface area contributed by atoms with Crippen LogP contribution in [0.1, 0.15) is 38.1 Å². The number of likely N-dealkylation sites (tertiary alicyclic amines) is 1. The van der Waals surface area contributed by atoms with Gasteiger partial charge in [0.2, 0.25) is 17.6 Å². The van der Waals surface area contributed by atoms with E-state index in [1.807, 2.05) is 50.2 Å². The molecule has 2 aromatic carbocycles. The molecule has 0 unspecified atom stereocenters. The lowest BCUT2D eigenvalue weighted by Crippen LogP contribution is -2.40. The minimum atomic E-state index is -0.0157. The lowest BCUT2D eigenvalue weighted by Gasteiger charge is -2.30. The van der Waals surface area contributed by atoms with E-state index < -0.39 is 0 Å². The summed E-state index contributed by atoms with van der Waals surface area (Å²) in [7, 11) is 1.62. The van der Waals surface area contributed by atoms with Gasteiger partial charge in [0, 0.05) is 18.0 Å². The molecule has 1 aliphatic rings. The average Bonchev–Trinajstić information content (AvgIpc) is 3.31. The van der Waals surface area contributed by atoms with Gasteiger partial charge < -0.3 is 19.3 Å². The van der Waals surface area contributed by atoms with Crippen LogP contribution in [0.2, 0.25) is 5.02 Å². The molecule has 1 fully saturated rings. The number of carbonyl (C=O) groups excluding carboxylic acids is 1. The van der Waals surface area contributed by atoms with Crippen LogP contribution in [0.4, 0.5) is 0 Å². The summed E-state index contributed by atoms with van der Waals surface area (Å²) in [5.74, 6) is 2.45. The van der Waals surface area contributed by atoms with Crippen molar-refractivity contribution in [1.82, 2.24) is 20.4 Å². The maximum absolute atomic E-state index is 12.8. The zero-order valence-electron chi connectivity index (χ0n) is 20.3. The van der Waals surface area contributed by atoms with Crippen LogP contribution >= 0.6 is 11.6 Å². The molecule has 2 heterocycles. The summed E-state index contributed by atoms with van der Waals surface area (Å²) in [5.41, 5.74) is 1.72. The molecule has 0 bridgehead atoms. The Morgan fingerprint density at radius 3 is 2.69 bits per heavy atom. The fraction of sp³-hybridized carbons (Fsp3) is 0.423. The van der Waals surface area contributed by atoms with Gasteiger partial charge in [0.25, 0.3) is 0 Å². The first-order valence-corrected chi connectivity index (χ1v) is 12.2. The van der Waals surface area contributed by atoms with E-state index in [-0.39, 0.29) is 17.9 Å². The number of rotatable bonds is 9. The van der Waals surface area contributed by atoms with Gasteiger partial charge in [0.1, 0.15) is 0 Å². The van der Waals surface area contributed by atoms with E-state index in [1.165, 1.54) is 0 Å². The summed E-state index contributed by atoms with van der Waals surface area (Å²) in [6.07, 6.45) is 1.62. The number of ether oxygens (including phenoxy) is 2. The second kappa shape index (κ2) is 11.6. The summed E-state index contributed by atoms with van der Waals surface area (Å²) in [4.78, 5) is 19.5. The normalized spacial score (nSPS) is 14.8. The first kappa shape index (κ1) is 25.0. The molecule has 1 aliphatic heterocycles. The van der Waals surface area contributed by atoms with Gasteiger partial charge in [-0.1, -0.05) is 35.0 Å². The topological polar surface area (TPSA) is 89.7 Å². The second-order valence-electron chi connectivity index (χ2n) is 8.91. The number of hydrogen-bond acceptors (Lipinski definition) is 7. The zero-order chi connectivity index (χ0) is 24.8. The summed E-state index contributed by atoms with van der Waals surface area (Å²) < 4.78 is 16.6. The first-order valence-electron chi connectivity index (χ1n) is 11.8. The standard InChI is InChI=1S/C26H31ClN4O4/c1-17(2)34-22-9-8-18(14-23(22)33-3)15-28-26(32)19-10-12-31(13-11-19)16-24-29-25(30-35-24)20-6-4-5-7-21(20)27/h4-9,14,17,19H,10-13,15-16H2,1-3H3,(H,28,32). The number of methoxy groups -OCH3 is 1. The fourth-order valence-electron chi connectivity index (χ4n) is 4.12. The molecule has 0 aliphatic carbocycles. The lowest BCUT2D eigenvalue weighted by atomic mass is 9.96. The smallest absolute Gasteiger partial charge is 0.241 e. The Morgan fingerprint density at radius 2 is 1.97 bits per heavy atom. The molecule has 9 heteroatoms. The maximum atomic E-state index is 12.8. The van der Waals surface area contributed by atoms with Crippen LogP contribution in [0.15, 0.2) is 47.0 Å². The number of nitrogens with one attached hydrogen (secondary N) is 1. The molecule has 0 spiro atoms. The Balaban J connectivity index is 1.25. The van der Waals surface area contributed by atoms with Crippen LogP contribution < -0.4 is 14.8 Å². The molecule has 186 valence electrons. The Kier molecular flexibility index (Phi) is 8.25. The van der Waals surface area contributed by atoms with E-state index in [9.17, 15) is 4.79 Å². The minimum absolute atomic E-state index is 0.0157. The van der Waals surface area contributed by atoms with Gasteiger partial charge in [-0.05, 0) is 69.6 Å².